The van der Waals surface area contributed by atoms with Crippen molar-refractivity contribution in [1.29, 1.82) is 0 Å². The van der Waals surface area contributed by atoms with Crippen LogP contribution in [0.1, 0.15) is 0 Å². The molecule has 2 amide bonds. The molecule has 1 aliphatic rings. The van der Waals surface area contributed by atoms with Gasteiger partial charge in [0.25, 0.3) is 5.69 Å². The van der Waals surface area contributed by atoms with Crippen LogP contribution in [0.25, 0.3) is 0 Å². The summed E-state index contributed by atoms with van der Waals surface area (Å²) in [6, 6.07) is 9.20. The predicted octanol–water partition coefficient (Wildman–Crippen LogP) is 4.41. The zero-order valence-electron chi connectivity index (χ0n) is 14.7. The van der Waals surface area contributed by atoms with E-state index in [1.165, 1.54) is 47.5 Å². The highest BCUT2D eigenvalue weighted by Crippen LogP contribution is 2.36. The van der Waals surface area contributed by atoms with Crippen molar-refractivity contribution < 1.29 is 23.6 Å². The van der Waals surface area contributed by atoms with Crippen molar-refractivity contribution in [2.75, 3.05) is 23.4 Å². The largest absolute Gasteiger partial charge is 0.490 e. The number of rotatable bonds is 4. The molecule has 2 heterocycles. The molecular weight excluding hydrogens is 403 g/mol. The van der Waals surface area contributed by atoms with Gasteiger partial charge in [-0.15, -0.1) is 0 Å². The Morgan fingerprint density at radius 3 is 3.00 bits per heavy atom. The molecule has 0 spiro atoms. The number of thiazole rings is 1. The van der Waals surface area contributed by atoms with Crippen LogP contribution in [0.3, 0.4) is 0 Å². The van der Waals surface area contributed by atoms with Crippen LogP contribution in [-0.4, -0.2) is 29.1 Å². The number of carbonyl (C=O) groups excluding carboxylic acids is 1. The third kappa shape index (κ3) is 4.09. The third-order valence-electron chi connectivity index (χ3n) is 3.97. The lowest BCUT2D eigenvalue weighted by molar-refractivity contribution is -0.384. The molecule has 1 aliphatic heterocycles. The van der Waals surface area contributed by atoms with Gasteiger partial charge in [-0.2, -0.15) is 0 Å². The summed E-state index contributed by atoms with van der Waals surface area (Å²) in [4.78, 5) is 28.6. The van der Waals surface area contributed by atoms with Gasteiger partial charge in [-0.1, -0.05) is 17.4 Å². The zero-order chi connectivity index (χ0) is 20.4. The van der Waals surface area contributed by atoms with Crippen molar-refractivity contribution in [3.05, 3.63) is 64.6 Å². The van der Waals surface area contributed by atoms with E-state index in [0.717, 1.165) is 11.3 Å². The van der Waals surface area contributed by atoms with E-state index in [9.17, 15) is 19.3 Å². The average Bonchev–Trinajstić information content (AvgIpc) is 3.13. The summed E-state index contributed by atoms with van der Waals surface area (Å²) in [6.07, 6.45) is 1.41. The predicted molar refractivity (Wildman–Crippen MR) is 104 cm³/mol. The maximum Gasteiger partial charge on any atom is 0.328 e. The summed E-state index contributed by atoms with van der Waals surface area (Å²) in [5.74, 6) is 0.257. The summed E-state index contributed by atoms with van der Waals surface area (Å²) in [6.45, 7) is 0.474. The van der Waals surface area contributed by atoms with E-state index in [-0.39, 0.29) is 24.0 Å². The first kappa shape index (κ1) is 18.6. The van der Waals surface area contributed by atoms with Gasteiger partial charge in [0.2, 0.25) is 5.06 Å². The molecule has 0 saturated carbocycles. The Hall–Kier alpha value is -3.73. The number of nitrogens with one attached hydrogen (secondary N) is 1. The minimum atomic E-state index is -0.540. The Balaban J connectivity index is 1.49. The lowest BCUT2D eigenvalue weighted by atomic mass is 10.2. The lowest BCUT2D eigenvalue weighted by Crippen LogP contribution is -2.40. The normalized spacial score (nSPS) is 12.7. The Kier molecular flexibility index (Phi) is 4.96. The van der Waals surface area contributed by atoms with Crippen molar-refractivity contribution in [2.24, 2.45) is 0 Å². The zero-order valence-corrected chi connectivity index (χ0v) is 15.5. The molecule has 148 valence electrons. The smallest absolute Gasteiger partial charge is 0.328 e. The number of benzene rings is 2. The highest BCUT2D eigenvalue weighted by atomic mass is 32.1. The SMILES string of the molecule is O=C(Nc1ncc(Oc2cccc(F)c2)s1)N1CCOc2ccc([N+](=O)[O-])cc21. The Bertz CT molecular complexity index is 1090. The molecule has 9 nitrogen and oxygen atoms in total. The number of aromatic nitrogens is 1. The minimum Gasteiger partial charge on any atom is -0.490 e. The van der Waals surface area contributed by atoms with Gasteiger partial charge in [0, 0.05) is 18.2 Å². The molecule has 29 heavy (non-hydrogen) atoms. The fraction of sp³-hybridized carbons (Fsp3) is 0.111. The summed E-state index contributed by atoms with van der Waals surface area (Å²) in [5.41, 5.74) is 0.155. The number of hydrogen-bond acceptors (Lipinski definition) is 7. The van der Waals surface area contributed by atoms with E-state index in [1.54, 1.807) is 6.07 Å². The molecule has 0 atom stereocenters. The molecule has 0 bridgehead atoms. The number of carbonyl (C=O) groups is 1. The molecule has 3 aromatic rings. The standard InChI is InChI=1S/C18H13FN4O5S/c19-11-2-1-3-13(8-11)28-16-10-20-17(29-16)21-18(24)22-6-7-27-15-5-4-12(23(25)26)9-14(15)22/h1-5,8-10H,6-7H2,(H,20,21,24). The highest BCUT2D eigenvalue weighted by molar-refractivity contribution is 7.17. The average molecular weight is 416 g/mol. The first-order valence-electron chi connectivity index (χ1n) is 8.38. The molecule has 0 aliphatic carbocycles. The number of nitro benzene ring substituents is 1. The van der Waals surface area contributed by atoms with Crippen LogP contribution in [0.15, 0.2) is 48.7 Å². The fourth-order valence-electron chi connectivity index (χ4n) is 2.70. The number of ether oxygens (including phenoxy) is 2. The number of urea groups is 1. The van der Waals surface area contributed by atoms with Crippen LogP contribution in [-0.2, 0) is 0 Å². The minimum absolute atomic E-state index is 0.146. The second kappa shape index (κ2) is 7.72. The summed E-state index contributed by atoms with van der Waals surface area (Å²) in [7, 11) is 0. The van der Waals surface area contributed by atoms with Crippen LogP contribution in [0, 0.1) is 15.9 Å². The molecule has 0 radical (unpaired) electrons. The van der Waals surface area contributed by atoms with Gasteiger partial charge in [-0.25, -0.2) is 14.2 Å². The topological polar surface area (TPSA) is 107 Å². The third-order valence-corrected chi connectivity index (χ3v) is 4.77. The molecule has 1 aromatic heterocycles. The van der Waals surface area contributed by atoms with Gasteiger partial charge in [-0.3, -0.25) is 20.3 Å². The molecule has 0 unspecified atom stereocenters. The van der Waals surface area contributed by atoms with E-state index in [2.05, 4.69) is 10.3 Å². The van der Waals surface area contributed by atoms with E-state index >= 15 is 0 Å². The summed E-state index contributed by atoms with van der Waals surface area (Å²) < 4.78 is 24.2. The summed E-state index contributed by atoms with van der Waals surface area (Å²) in [5, 5.41) is 14.3. The van der Waals surface area contributed by atoms with Crippen LogP contribution in [0.5, 0.6) is 16.6 Å². The van der Waals surface area contributed by atoms with Gasteiger partial charge in [0.05, 0.1) is 23.4 Å². The molecule has 11 heteroatoms. The Labute approximate surface area is 167 Å². The Morgan fingerprint density at radius 2 is 2.21 bits per heavy atom. The second-order valence-electron chi connectivity index (χ2n) is 5.88. The number of anilines is 2. The maximum atomic E-state index is 13.2. The number of amides is 2. The van der Waals surface area contributed by atoms with Crippen molar-refractivity contribution in [3.8, 4) is 16.6 Å². The molecule has 4 rings (SSSR count). The molecule has 0 saturated heterocycles. The van der Waals surface area contributed by atoms with Gasteiger partial charge < -0.3 is 9.47 Å². The van der Waals surface area contributed by atoms with Crippen LogP contribution >= 0.6 is 11.3 Å². The molecule has 2 aromatic carbocycles. The number of nitro groups is 1. The highest BCUT2D eigenvalue weighted by Gasteiger charge is 2.26. The van der Waals surface area contributed by atoms with Crippen molar-refractivity contribution in [3.63, 3.8) is 0 Å². The molecular formula is C18H13FN4O5S. The van der Waals surface area contributed by atoms with Crippen LogP contribution in [0.2, 0.25) is 0 Å². The van der Waals surface area contributed by atoms with Crippen molar-refractivity contribution in [1.82, 2.24) is 4.98 Å². The Morgan fingerprint density at radius 1 is 1.34 bits per heavy atom. The maximum absolute atomic E-state index is 13.2. The first-order valence-corrected chi connectivity index (χ1v) is 9.20. The quantitative estimate of drug-likeness (QED) is 0.499. The fourth-order valence-corrected chi connectivity index (χ4v) is 3.38. The first-order chi connectivity index (χ1) is 14.0. The van der Waals surface area contributed by atoms with Gasteiger partial charge >= 0.3 is 6.03 Å². The second-order valence-corrected chi connectivity index (χ2v) is 6.88. The number of fused-ring (bicyclic) bond motifs is 1. The van der Waals surface area contributed by atoms with Crippen LogP contribution < -0.4 is 19.7 Å². The lowest BCUT2D eigenvalue weighted by Gasteiger charge is -2.28. The number of halogens is 1. The molecule has 0 fully saturated rings. The number of hydrogen-bond donors (Lipinski definition) is 1. The van der Waals surface area contributed by atoms with E-state index in [0.29, 0.717) is 22.2 Å². The summed E-state index contributed by atoms with van der Waals surface area (Å²) >= 11 is 1.06. The van der Waals surface area contributed by atoms with Crippen molar-refractivity contribution in [2.45, 2.75) is 0 Å². The van der Waals surface area contributed by atoms with Gasteiger partial charge in [-0.05, 0) is 18.2 Å². The molecule has 1 N–H and O–H groups in total. The monoisotopic (exact) mass is 416 g/mol. The number of nitrogens with zero attached hydrogens (tertiary/aromatic N) is 3. The van der Waals surface area contributed by atoms with E-state index < -0.39 is 16.8 Å². The number of non-ortho nitro benzene ring substituents is 1. The van der Waals surface area contributed by atoms with E-state index in [4.69, 9.17) is 9.47 Å². The van der Waals surface area contributed by atoms with Gasteiger partial charge in [0.1, 0.15) is 23.9 Å². The van der Waals surface area contributed by atoms with E-state index in [1.807, 2.05) is 0 Å². The van der Waals surface area contributed by atoms with Gasteiger partial charge in [0.15, 0.2) is 5.13 Å². The van der Waals surface area contributed by atoms with Crippen molar-refractivity contribution >= 4 is 33.9 Å². The van der Waals surface area contributed by atoms with Crippen LogP contribution in [0.4, 0.5) is 25.7 Å².